The molecule has 5 heteroatoms. The summed E-state index contributed by atoms with van der Waals surface area (Å²) in [6, 6.07) is 0.416. The van der Waals surface area contributed by atoms with E-state index in [-0.39, 0.29) is 6.54 Å². The molecule has 0 unspecified atom stereocenters. The number of amidine groups is 1. The first-order valence-electron chi connectivity index (χ1n) is 6.62. The predicted octanol–water partition coefficient (Wildman–Crippen LogP) is 1.57. The van der Waals surface area contributed by atoms with Crippen molar-refractivity contribution < 1.29 is 9.90 Å². The van der Waals surface area contributed by atoms with Crippen molar-refractivity contribution >= 4 is 11.8 Å². The molecule has 0 aromatic carbocycles. The second-order valence-electron chi connectivity index (χ2n) is 5.05. The maximum Gasteiger partial charge on any atom is 0.323 e. The van der Waals surface area contributed by atoms with Crippen LogP contribution in [0.2, 0.25) is 0 Å². The van der Waals surface area contributed by atoms with E-state index >= 15 is 0 Å². The minimum Gasteiger partial charge on any atom is -0.480 e. The van der Waals surface area contributed by atoms with E-state index in [1.165, 1.54) is 19.3 Å². The summed E-state index contributed by atoms with van der Waals surface area (Å²) in [5, 5.41) is 12.0. The van der Waals surface area contributed by atoms with E-state index in [1.807, 2.05) is 18.0 Å². The largest absolute Gasteiger partial charge is 0.480 e. The molecule has 1 heterocycles. The molecule has 0 aromatic rings. The van der Waals surface area contributed by atoms with Crippen LogP contribution in [0.4, 0.5) is 0 Å². The number of carbonyl (C=O) groups is 1. The van der Waals surface area contributed by atoms with Crippen molar-refractivity contribution in [3.63, 3.8) is 0 Å². The van der Waals surface area contributed by atoms with Crippen LogP contribution in [-0.4, -0.2) is 40.9 Å². The van der Waals surface area contributed by atoms with Gasteiger partial charge in [-0.25, -0.2) is 0 Å². The van der Waals surface area contributed by atoms with Gasteiger partial charge in [-0.3, -0.25) is 9.79 Å². The molecule has 0 saturated heterocycles. The number of rotatable bonds is 3. The van der Waals surface area contributed by atoms with Gasteiger partial charge in [0.25, 0.3) is 0 Å². The summed E-state index contributed by atoms with van der Waals surface area (Å²) in [5.74, 6) is 0.0930. The number of aliphatic imine (C=N–C) groups is 1. The number of carboxylic acids is 1. The quantitative estimate of drug-likeness (QED) is 0.799. The van der Waals surface area contributed by atoms with Gasteiger partial charge in [-0.05, 0) is 19.8 Å². The fourth-order valence-corrected chi connectivity index (χ4v) is 2.48. The highest BCUT2D eigenvalue weighted by molar-refractivity contribution is 5.87. The van der Waals surface area contributed by atoms with E-state index in [0.29, 0.717) is 12.6 Å². The summed E-state index contributed by atoms with van der Waals surface area (Å²) in [6.07, 6.45) is 8.00. The molecule has 0 radical (unpaired) electrons. The van der Waals surface area contributed by atoms with Gasteiger partial charge in [-0.15, -0.1) is 0 Å². The summed E-state index contributed by atoms with van der Waals surface area (Å²) in [5.41, 5.74) is 0.944. The molecule has 5 nitrogen and oxygen atoms in total. The van der Waals surface area contributed by atoms with Gasteiger partial charge in [-0.2, -0.15) is 0 Å². The van der Waals surface area contributed by atoms with Gasteiger partial charge >= 0.3 is 5.97 Å². The van der Waals surface area contributed by atoms with Crippen molar-refractivity contribution in [3.05, 3.63) is 11.9 Å². The zero-order valence-electron chi connectivity index (χ0n) is 10.9. The first-order valence-corrected chi connectivity index (χ1v) is 6.62. The van der Waals surface area contributed by atoms with E-state index < -0.39 is 5.97 Å². The molecule has 2 rings (SSSR count). The van der Waals surface area contributed by atoms with Crippen LogP contribution in [0.1, 0.15) is 39.0 Å². The summed E-state index contributed by atoms with van der Waals surface area (Å²) < 4.78 is 0. The summed E-state index contributed by atoms with van der Waals surface area (Å²) in [6.45, 7) is 2.52. The number of allylic oxidation sites excluding steroid dienone is 1. The SMILES string of the molecule is CC1=CNC(=NC2CCCCC2)CN1CC(=O)O. The predicted molar refractivity (Wildman–Crippen MR) is 70.4 cm³/mol. The highest BCUT2D eigenvalue weighted by atomic mass is 16.4. The third-order valence-electron chi connectivity index (χ3n) is 3.53. The van der Waals surface area contributed by atoms with Crippen molar-refractivity contribution in [2.45, 2.75) is 45.1 Å². The lowest BCUT2D eigenvalue weighted by Crippen LogP contribution is -2.42. The molecule has 0 bridgehead atoms. The van der Waals surface area contributed by atoms with E-state index in [0.717, 1.165) is 24.4 Å². The molecule has 0 amide bonds. The standard InChI is InChI=1S/C13H21N3O2/c1-10-7-14-12(8-16(10)9-13(17)18)15-11-5-3-2-4-6-11/h7,11H,2-6,8-9H2,1H3,(H,14,15)(H,17,18). The Kier molecular flexibility index (Phi) is 4.23. The Balaban J connectivity index is 1.98. The number of carboxylic acid groups (broad SMARTS) is 1. The van der Waals surface area contributed by atoms with E-state index in [1.54, 1.807) is 0 Å². The maximum atomic E-state index is 10.8. The molecule has 2 aliphatic rings. The highest BCUT2D eigenvalue weighted by Crippen LogP contribution is 2.20. The second kappa shape index (κ2) is 5.89. The van der Waals surface area contributed by atoms with E-state index in [9.17, 15) is 4.79 Å². The lowest BCUT2D eigenvalue weighted by molar-refractivity contribution is -0.137. The Labute approximate surface area is 108 Å². The van der Waals surface area contributed by atoms with Crippen LogP contribution in [0.5, 0.6) is 0 Å². The molecular formula is C13H21N3O2. The van der Waals surface area contributed by atoms with Crippen molar-refractivity contribution in [2.24, 2.45) is 4.99 Å². The van der Waals surface area contributed by atoms with E-state index in [2.05, 4.69) is 5.32 Å². The fraction of sp³-hybridized carbons (Fsp3) is 0.692. The Bertz CT molecular complexity index is 370. The molecule has 0 spiro atoms. The van der Waals surface area contributed by atoms with Crippen molar-refractivity contribution in [1.82, 2.24) is 10.2 Å². The number of aliphatic carboxylic acids is 1. The minimum atomic E-state index is -0.804. The second-order valence-corrected chi connectivity index (χ2v) is 5.05. The van der Waals surface area contributed by atoms with Crippen LogP contribution < -0.4 is 5.32 Å². The number of hydrogen-bond acceptors (Lipinski definition) is 3. The zero-order valence-corrected chi connectivity index (χ0v) is 10.9. The van der Waals surface area contributed by atoms with Crippen molar-refractivity contribution in [3.8, 4) is 0 Å². The molecule has 1 aliphatic heterocycles. The first-order chi connectivity index (χ1) is 8.65. The van der Waals surface area contributed by atoms with E-state index in [4.69, 9.17) is 10.1 Å². The molecule has 2 N–H and O–H groups in total. The third kappa shape index (κ3) is 3.48. The average molecular weight is 251 g/mol. The summed E-state index contributed by atoms with van der Waals surface area (Å²) >= 11 is 0. The molecule has 18 heavy (non-hydrogen) atoms. The van der Waals surface area contributed by atoms with Gasteiger partial charge in [0.1, 0.15) is 12.4 Å². The van der Waals surface area contributed by atoms with Gasteiger partial charge in [0.2, 0.25) is 0 Å². The molecule has 1 aliphatic carbocycles. The van der Waals surface area contributed by atoms with Crippen molar-refractivity contribution in [1.29, 1.82) is 0 Å². The van der Waals surface area contributed by atoms with Crippen molar-refractivity contribution in [2.75, 3.05) is 13.1 Å². The Morgan fingerprint density at radius 1 is 1.50 bits per heavy atom. The Hall–Kier alpha value is -1.52. The van der Waals surface area contributed by atoms with Crippen LogP contribution in [0.15, 0.2) is 16.9 Å². The average Bonchev–Trinajstić information content (AvgIpc) is 2.34. The monoisotopic (exact) mass is 251 g/mol. The zero-order chi connectivity index (χ0) is 13.0. The normalized spacial score (nSPS) is 23.7. The molecule has 0 atom stereocenters. The molecule has 0 aromatic heterocycles. The fourth-order valence-electron chi connectivity index (χ4n) is 2.48. The van der Waals surface area contributed by atoms with Crippen LogP contribution in [0.25, 0.3) is 0 Å². The van der Waals surface area contributed by atoms with Crippen LogP contribution in [0, 0.1) is 0 Å². The van der Waals surface area contributed by atoms with Gasteiger partial charge in [-0.1, -0.05) is 19.3 Å². The molecule has 1 fully saturated rings. The summed E-state index contributed by atoms with van der Waals surface area (Å²) in [4.78, 5) is 17.3. The number of nitrogens with zero attached hydrogens (tertiary/aromatic N) is 2. The van der Waals surface area contributed by atoms with Gasteiger partial charge in [0, 0.05) is 11.9 Å². The van der Waals surface area contributed by atoms with Crippen LogP contribution in [-0.2, 0) is 4.79 Å². The highest BCUT2D eigenvalue weighted by Gasteiger charge is 2.19. The molecule has 100 valence electrons. The third-order valence-corrected chi connectivity index (χ3v) is 3.53. The maximum absolute atomic E-state index is 10.8. The smallest absolute Gasteiger partial charge is 0.323 e. The number of hydrogen-bond donors (Lipinski definition) is 2. The lowest BCUT2D eigenvalue weighted by Gasteiger charge is -2.29. The van der Waals surface area contributed by atoms with Gasteiger partial charge < -0.3 is 15.3 Å². The van der Waals surface area contributed by atoms with Gasteiger partial charge in [0.05, 0.1) is 12.6 Å². The Morgan fingerprint density at radius 3 is 2.89 bits per heavy atom. The topological polar surface area (TPSA) is 64.9 Å². The van der Waals surface area contributed by atoms with Crippen LogP contribution >= 0.6 is 0 Å². The Morgan fingerprint density at radius 2 is 2.22 bits per heavy atom. The molecular weight excluding hydrogens is 230 g/mol. The minimum absolute atomic E-state index is 0.0354. The molecule has 1 saturated carbocycles. The number of nitrogens with one attached hydrogen (secondary N) is 1. The summed E-state index contributed by atoms with van der Waals surface area (Å²) in [7, 11) is 0. The van der Waals surface area contributed by atoms with Crippen LogP contribution in [0.3, 0.4) is 0 Å². The first kappa shape index (κ1) is 12.9. The lowest BCUT2D eigenvalue weighted by atomic mass is 9.96. The van der Waals surface area contributed by atoms with Gasteiger partial charge in [0.15, 0.2) is 0 Å².